The summed E-state index contributed by atoms with van der Waals surface area (Å²) < 4.78 is 28.7. The van der Waals surface area contributed by atoms with Gasteiger partial charge < -0.3 is 4.90 Å². The molecule has 2 amide bonds. The largest absolute Gasteiger partial charge is 0.324 e. The Labute approximate surface area is 199 Å². The molecular weight excluding hydrogens is 458 g/mol. The number of halogens is 1. The SMILES string of the molecule is Cc1ccc(N2CCCN(Cc3ccccc3C)C2=O)c(NS(=O)(=O)c2ccc(Cl)cc2)c1. The average Bonchev–Trinajstić information content (AvgIpc) is 2.77. The summed E-state index contributed by atoms with van der Waals surface area (Å²) in [4.78, 5) is 17.0. The lowest BCUT2D eigenvalue weighted by Crippen LogP contribution is -2.49. The van der Waals surface area contributed by atoms with Crippen molar-refractivity contribution in [3.8, 4) is 0 Å². The second-order valence-corrected chi connectivity index (χ2v) is 10.3. The zero-order valence-electron chi connectivity index (χ0n) is 18.6. The van der Waals surface area contributed by atoms with E-state index in [2.05, 4.69) is 4.72 Å². The maximum absolute atomic E-state index is 13.4. The Kier molecular flexibility index (Phi) is 6.63. The topological polar surface area (TPSA) is 69.7 Å². The molecule has 1 N–H and O–H groups in total. The molecule has 1 aliphatic rings. The van der Waals surface area contributed by atoms with Crippen LogP contribution >= 0.6 is 11.6 Å². The van der Waals surface area contributed by atoms with E-state index < -0.39 is 10.0 Å². The van der Waals surface area contributed by atoms with Crippen molar-refractivity contribution in [1.82, 2.24) is 4.90 Å². The van der Waals surface area contributed by atoms with E-state index in [4.69, 9.17) is 11.6 Å². The molecule has 0 spiro atoms. The van der Waals surface area contributed by atoms with Crippen LogP contribution in [0.4, 0.5) is 16.2 Å². The molecule has 0 aromatic heterocycles. The van der Waals surface area contributed by atoms with Crippen LogP contribution in [0.15, 0.2) is 71.6 Å². The minimum absolute atomic E-state index is 0.102. The van der Waals surface area contributed by atoms with E-state index in [1.54, 1.807) is 17.0 Å². The van der Waals surface area contributed by atoms with Gasteiger partial charge in [0.2, 0.25) is 0 Å². The van der Waals surface area contributed by atoms with Crippen LogP contribution in [-0.4, -0.2) is 32.4 Å². The molecule has 33 heavy (non-hydrogen) atoms. The summed E-state index contributed by atoms with van der Waals surface area (Å²) in [5, 5.41) is 0.456. The summed E-state index contributed by atoms with van der Waals surface area (Å²) in [6.07, 6.45) is 0.787. The molecule has 1 saturated heterocycles. The van der Waals surface area contributed by atoms with E-state index in [0.717, 1.165) is 23.1 Å². The Morgan fingerprint density at radius 1 is 0.970 bits per heavy atom. The summed E-state index contributed by atoms with van der Waals surface area (Å²) in [6, 6.07) is 19.3. The van der Waals surface area contributed by atoms with Crippen molar-refractivity contribution in [2.75, 3.05) is 22.7 Å². The number of hydrogen-bond acceptors (Lipinski definition) is 3. The third-order valence-electron chi connectivity index (χ3n) is 5.74. The fourth-order valence-corrected chi connectivity index (χ4v) is 5.12. The monoisotopic (exact) mass is 483 g/mol. The highest BCUT2D eigenvalue weighted by Gasteiger charge is 2.29. The highest BCUT2D eigenvalue weighted by atomic mass is 35.5. The number of sulfonamides is 1. The predicted octanol–water partition coefficient (Wildman–Crippen LogP) is 5.59. The Balaban J connectivity index is 1.63. The Morgan fingerprint density at radius 3 is 2.42 bits per heavy atom. The highest BCUT2D eigenvalue weighted by molar-refractivity contribution is 7.92. The van der Waals surface area contributed by atoms with Crippen LogP contribution in [0.1, 0.15) is 23.1 Å². The third kappa shape index (κ3) is 5.15. The van der Waals surface area contributed by atoms with Crippen LogP contribution < -0.4 is 9.62 Å². The molecule has 3 aromatic carbocycles. The molecule has 8 heteroatoms. The zero-order valence-corrected chi connectivity index (χ0v) is 20.2. The second-order valence-electron chi connectivity index (χ2n) is 8.22. The molecule has 0 saturated carbocycles. The van der Waals surface area contributed by atoms with Crippen LogP contribution in [-0.2, 0) is 16.6 Å². The number of hydrogen-bond donors (Lipinski definition) is 1. The van der Waals surface area contributed by atoms with E-state index >= 15 is 0 Å². The number of carbonyl (C=O) groups excluding carboxylic acids is 1. The molecule has 4 rings (SSSR count). The molecule has 0 aliphatic carbocycles. The van der Waals surface area contributed by atoms with Crippen LogP contribution in [0.3, 0.4) is 0 Å². The van der Waals surface area contributed by atoms with Gasteiger partial charge in [-0.05, 0) is 73.4 Å². The quantitative estimate of drug-likeness (QED) is 0.496. The fraction of sp³-hybridized carbons (Fsp3) is 0.240. The van der Waals surface area contributed by atoms with Crippen molar-refractivity contribution < 1.29 is 13.2 Å². The zero-order chi connectivity index (χ0) is 23.6. The number of carbonyl (C=O) groups is 1. The van der Waals surface area contributed by atoms with Gasteiger partial charge in [0, 0.05) is 24.7 Å². The smallest absolute Gasteiger partial charge is 0.320 e. The van der Waals surface area contributed by atoms with E-state index in [1.807, 2.05) is 49.1 Å². The first kappa shape index (κ1) is 23.1. The Hall–Kier alpha value is -3.03. The van der Waals surface area contributed by atoms with Gasteiger partial charge in [-0.1, -0.05) is 41.9 Å². The number of nitrogens with zero attached hydrogens (tertiary/aromatic N) is 2. The van der Waals surface area contributed by atoms with Crippen molar-refractivity contribution >= 4 is 39.0 Å². The first-order valence-corrected chi connectivity index (χ1v) is 12.6. The van der Waals surface area contributed by atoms with Crippen LogP contribution in [0.25, 0.3) is 0 Å². The standard InChI is InChI=1S/C25H26ClN3O3S/c1-18-8-13-24(23(16-18)27-33(31,32)22-11-9-21(26)10-12-22)29-15-5-14-28(25(29)30)17-20-7-4-3-6-19(20)2/h3-4,6-13,16,27H,5,14-15,17H2,1-2H3. The first-order valence-electron chi connectivity index (χ1n) is 10.7. The van der Waals surface area contributed by atoms with Gasteiger partial charge >= 0.3 is 6.03 Å². The van der Waals surface area contributed by atoms with Gasteiger partial charge in [-0.25, -0.2) is 13.2 Å². The van der Waals surface area contributed by atoms with Crippen LogP contribution in [0, 0.1) is 13.8 Å². The summed E-state index contributed by atoms with van der Waals surface area (Å²) in [7, 11) is -3.85. The normalized spacial score (nSPS) is 14.5. The number of anilines is 2. The van der Waals surface area contributed by atoms with Crippen molar-refractivity contribution in [3.05, 3.63) is 88.4 Å². The summed E-state index contributed by atoms with van der Waals surface area (Å²) in [5.41, 5.74) is 4.02. The van der Waals surface area contributed by atoms with Crippen LogP contribution in [0.5, 0.6) is 0 Å². The van der Waals surface area contributed by atoms with Crippen LogP contribution in [0.2, 0.25) is 5.02 Å². The van der Waals surface area contributed by atoms with Gasteiger partial charge in [0.05, 0.1) is 16.3 Å². The molecule has 1 heterocycles. The Morgan fingerprint density at radius 2 is 1.70 bits per heavy atom. The fourth-order valence-electron chi connectivity index (χ4n) is 3.93. The van der Waals surface area contributed by atoms with E-state index in [1.165, 1.54) is 24.3 Å². The van der Waals surface area contributed by atoms with Gasteiger partial charge in [-0.2, -0.15) is 0 Å². The molecule has 0 atom stereocenters. The number of nitrogens with one attached hydrogen (secondary N) is 1. The molecule has 0 radical (unpaired) electrons. The Bertz CT molecular complexity index is 1280. The van der Waals surface area contributed by atoms with Gasteiger partial charge in [0.15, 0.2) is 0 Å². The van der Waals surface area contributed by atoms with Crippen molar-refractivity contribution in [2.24, 2.45) is 0 Å². The molecule has 0 bridgehead atoms. The third-order valence-corrected chi connectivity index (χ3v) is 7.38. The number of rotatable bonds is 6. The average molecular weight is 484 g/mol. The molecule has 0 unspecified atom stereocenters. The van der Waals surface area contributed by atoms with Gasteiger partial charge in [0.25, 0.3) is 10.0 Å². The predicted molar refractivity (Wildman–Crippen MR) is 132 cm³/mol. The number of aryl methyl sites for hydroxylation is 2. The second kappa shape index (κ2) is 9.45. The van der Waals surface area contributed by atoms with Gasteiger partial charge in [0.1, 0.15) is 0 Å². The lowest BCUT2D eigenvalue weighted by Gasteiger charge is -2.36. The number of urea groups is 1. The summed E-state index contributed by atoms with van der Waals surface area (Å²) in [6.45, 7) is 5.60. The van der Waals surface area contributed by atoms with Crippen molar-refractivity contribution in [1.29, 1.82) is 0 Å². The lowest BCUT2D eigenvalue weighted by atomic mass is 10.1. The van der Waals surface area contributed by atoms with Crippen molar-refractivity contribution in [3.63, 3.8) is 0 Å². The molecule has 3 aromatic rings. The number of benzene rings is 3. The van der Waals surface area contributed by atoms with Gasteiger partial charge in [-0.3, -0.25) is 9.62 Å². The minimum atomic E-state index is -3.85. The van der Waals surface area contributed by atoms with Crippen molar-refractivity contribution in [2.45, 2.75) is 31.7 Å². The van der Waals surface area contributed by atoms with Gasteiger partial charge in [-0.15, -0.1) is 0 Å². The van der Waals surface area contributed by atoms with E-state index in [9.17, 15) is 13.2 Å². The lowest BCUT2D eigenvalue weighted by molar-refractivity contribution is 0.192. The first-order chi connectivity index (χ1) is 15.7. The van der Waals surface area contributed by atoms with E-state index in [0.29, 0.717) is 36.0 Å². The maximum atomic E-state index is 13.4. The summed E-state index contributed by atoms with van der Waals surface area (Å²) in [5.74, 6) is 0. The molecule has 172 valence electrons. The highest BCUT2D eigenvalue weighted by Crippen LogP contribution is 2.32. The summed E-state index contributed by atoms with van der Waals surface area (Å²) >= 11 is 5.90. The maximum Gasteiger partial charge on any atom is 0.324 e. The molecule has 6 nitrogen and oxygen atoms in total. The minimum Gasteiger partial charge on any atom is -0.320 e. The molecule has 1 fully saturated rings. The number of amides is 2. The molecular formula is C25H26ClN3O3S. The molecule has 1 aliphatic heterocycles. The van der Waals surface area contributed by atoms with E-state index in [-0.39, 0.29) is 10.9 Å².